The second kappa shape index (κ2) is 2.49. The number of hydrogen-bond acceptors (Lipinski definition) is 1. The molecule has 0 bridgehead atoms. The van der Waals surface area contributed by atoms with E-state index < -0.39 is 0 Å². The highest BCUT2D eigenvalue weighted by atomic mass is 15.1. The molecule has 0 radical (unpaired) electrons. The molecule has 48 valence electrons. The molecule has 1 rings (SSSR count). The smallest absolute Gasteiger partial charge is 0.0214 e. The summed E-state index contributed by atoms with van der Waals surface area (Å²) in [5.74, 6) is 0. The molecule has 0 aromatic carbocycles. The Hall–Kier alpha value is -0.0400. The normalized spacial score (nSPS) is 33.0. The van der Waals surface area contributed by atoms with Crippen molar-refractivity contribution in [2.24, 2.45) is 0 Å². The van der Waals surface area contributed by atoms with Crippen LogP contribution in [0.2, 0.25) is 0 Å². The van der Waals surface area contributed by atoms with Crippen LogP contribution in [-0.2, 0) is 0 Å². The van der Waals surface area contributed by atoms with E-state index in [2.05, 4.69) is 18.9 Å². The van der Waals surface area contributed by atoms with Gasteiger partial charge in [-0.1, -0.05) is 13.3 Å². The summed E-state index contributed by atoms with van der Waals surface area (Å²) in [6.07, 6.45) is 4.07. The highest BCUT2D eigenvalue weighted by Crippen LogP contribution is 2.13. The molecule has 1 aliphatic heterocycles. The molecule has 0 amide bonds. The minimum absolute atomic E-state index is 0.726. The van der Waals surface area contributed by atoms with Gasteiger partial charge in [-0.2, -0.15) is 0 Å². The first-order chi connectivity index (χ1) is 3.80. The molecular weight excluding hydrogens is 98.1 g/mol. The van der Waals surface area contributed by atoms with Gasteiger partial charge < -0.3 is 4.90 Å². The molecule has 0 spiro atoms. The van der Waals surface area contributed by atoms with Crippen molar-refractivity contribution < 1.29 is 0 Å². The van der Waals surface area contributed by atoms with Crippen molar-refractivity contribution in [3.05, 3.63) is 7.05 Å². The van der Waals surface area contributed by atoms with Crippen LogP contribution in [-0.4, -0.2) is 17.5 Å². The summed E-state index contributed by atoms with van der Waals surface area (Å²) in [5, 5.41) is 0. The molecule has 0 aliphatic carbocycles. The maximum absolute atomic E-state index is 3.91. The zero-order chi connectivity index (χ0) is 5.98. The second-order valence-corrected chi connectivity index (χ2v) is 2.66. The molecule has 1 saturated heterocycles. The number of piperidine rings is 1. The van der Waals surface area contributed by atoms with Crippen molar-refractivity contribution in [3.63, 3.8) is 0 Å². The van der Waals surface area contributed by atoms with Gasteiger partial charge in [0.25, 0.3) is 0 Å². The van der Waals surface area contributed by atoms with Crippen LogP contribution in [0.25, 0.3) is 0 Å². The van der Waals surface area contributed by atoms with E-state index in [0.717, 1.165) is 6.04 Å². The first kappa shape index (κ1) is 6.09. The average molecular weight is 112 g/mol. The number of rotatable bonds is 0. The largest absolute Gasteiger partial charge is 0.457 e. The summed E-state index contributed by atoms with van der Waals surface area (Å²) in [6, 6.07) is 0.726. The van der Waals surface area contributed by atoms with Gasteiger partial charge in [-0.05, 0) is 25.4 Å². The van der Waals surface area contributed by atoms with Gasteiger partial charge in [0.2, 0.25) is 0 Å². The fourth-order valence-electron chi connectivity index (χ4n) is 1.16. The van der Waals surface area contributed by atoms with Gasteiger partial charge in [-0.25, -0.2) is 0 Å². The third kappa shape index (κ3) is 1.22. The van der Waals surface area contributed by atoms with E-state index in [0.29, 0.717) is 0 Å². The summed E-state index contributed by atoms with van der Waals surface area (Å²) >= 11 is 0. The lowest BCUT2D eigenvalue weighted by Gasteiger charge is -2.36. The zero-order valence-electron chi connectivity index (χ0n) is 5.56. The fourth-order valence-corrected chi connectivity index (χ4v) is 1.16. The third-order valence-electron chi connectivity index (χ3n) is 1.94. The Bertz CT molecular complexity index is 60.8. The molecule has 0 aromatic heterocycles. The van der Waals surface area contributed by atoms with Crippen molar-refractivity contribution in [2.75, 3.05) is 6.54 Å². The molecule has 0 N–H and O–H groups in total. The molecule has 0 aromatic rings. The van der Waals surface area contributed by atoms with Crippen molar-refractivity contribution in [2.45, 2.75) is 32.2 Å². The van der Waals surface area contributed by atoms with Crippen molar-refractivity contribution in [3.8, 4) is 0 Å². The van der Waals surface area contributed by atoms with E-state index >= 15 is 0 Å². The molecule has 1 heteroatoms. The van der Waals surface area contributed by atoms with Crippen LogP contribution < -0.4 is 0 Å². The minimum Gasteiger partial charge on any atom is -0.457 e. The predicted molar refractivity (Wildman–Crippen MR) is 35.4 cm³/mol. The van der Waals surface area contributed by atoms with Crippen molar-refractivity contribution in [1.82, 2.24) is 4.90 Å². The van der Waals surface area contributed by atoms with Crippen LogP contribution in [0.5, 0.6) is 0 Å². The van der Waals surface area contributed by atoms with Crippen LogP contribution in [0.3, 0.4) is 0 Å². The lowest BCUT2D eigenvalue weighted by atomic mass is 10.1. The van der Waals surface area contributed by atoms with Crippen molar-refractivity contribution in [1.29, 1.82) is 0 Å². The van der Waals surface area contributed by atoms with E-state index in [1.807, 2.05) is 0 Å². The lowest BCUT2D eigenvalue weighted by molar-refractivity contribution is 0.225. The summed E-state index contributed by atoms with van der Waals surface area (Å²) in [4.78, 5) is 2.18. The summed E-state index contributed by atoms with van der Waals surface area (Å²) in [7, 11) is 3.91. The highest BCUT2D eigenvalue weighted by Gasteiger charge is 2.07. The fraction of sp³-hybridized carbons (Fsp3) is 0.857. The molecule has 1 atom stereocenters. The van der Waals surface area contributed by atoms with Gasteiger partial charge >= 0.3 is 0 Å². The van der Waals surface area contributed by atoms with E-state index in [4.69, 9.17) is 0 Å². The highest BCUT2D eigenvalue weighted by molar-refractivity contribution is 4.71. The van der Waals surface area contributed by atoms with Gasteiger partial charge in [-0.15, -0.1) is 0 Å². The van der Waals surface area contributed by atoms with Gasteiger partial charge in [-0.3, -0.25) is 7.05 Å². The minimum atomic E-state index is 0.726. The summed E-state index contributed by atoms with van der Waals surface area (Å²) < 4.78 is 0. The Kier molecular flexibility index (Phi) is 1.90. The quantitative estimate of drug-likeness (QED) is 0.431. The average Bonchev–Trinajstić information content (AvgIpc) is 1.77. The van der Waals surface area contributed by atoms with Gasteiger partial charge in [0, 0.05) is 0 Å². The van der Waals surface area contributed by atoms with E-state index in [-0.39, 0.29) is 0 Å². The molecule has 1 fully saturated rings. The van der Waals surface area contributed by atoms with Crippen molar-refractivity contribution >= 4 is 0 Å². The van der Waals surface area contributed by atoms with Gasteiger partial charge in [0.05, 0.1) is 0 Å². The number of nitrogens with zero attached hydrogens (tertiary/aromatic N) is 1. The van der Waals surface area contributed by atoms with Crippen LogP contribution in [0.15, 0.2) is 0 Å². The predicted octanol–water partition coefficient (Wildman–Crippen LogP) is 1.65. The Morgan fingerprint density at radius 1 is 1.50 bits per heavy atom. The van der Waals surface area contributed by atoms with E-state index in [1.165, 1.54) is 25.8 Å². The molecule has 1 heterocycles. The van der Waals surface area contributed by atoms with Crippen LogP contribution in [0.4, 0.5) is 0 Å². The Labute approximate surface area is 51.7 Å². The van der Waals surface area contributed by atoms with Gasteiger partial charge in [0.15, 0.2) is 0 Å². The van der Waals surface area contributed by atoms with E-state index in [9.17, 15) is 0 Å². The molecule has 1 aliphatic rings. The van der Waals surface area contributed by atoms with Gasteiger partial charge in [0.1, 0.15) is 0 Å². The first-order valence-corrected chi connectivity index (χ1v) is 3.38. The molecule has 1 nitrogen and oxygen atoms in total. The molecule has 0 unspecified atom stereocenters. The summed E-state index contributed by atoms with van der Waals surface area (Å²) in [6.45, 7) is 3.44. The number of likely N-dealkylation sites (tertiary alicyclic amines) is 1. The van der Waals surface area contributed by atoms with Crippen LogP contribution in [0.1, 0.15) is 26.2 Å². The zero-order valence-corrected chi connectivity index (χ0v) is 5.56. The monoisotopic (exact) mass is 112 g/mol. The SMILES string of the molecule is [CH2-]N1CCCC[C@H]1C. The van der Waals surface area contributed by atoms with Crippen LogP contribution in [0, 0.1) is 7.05 Å². The van der Waals surface area contributed by atoms with Crippen LogP contribution >= 0.6 is 0 Å². The Morgan fingerprint density at radius 3 is 2.62 bits per heavy atom. The number of hydrogen-bond donors (Lipinski definition) is 0. The summed E-state index contributed by atoms with van der Waals surface area (Å²) in [5.41, 5.74) is 0. The lowest BCUT2D eigenvalue weighted by Crippen LogP contribution is -2.31. The Morgan fingerprint density at radius 2 is 2.25 bits per heavy atom. The standard InChI is InChI=1S/C7H14N/c1-7-5-3-4-6-8(7)2/h7H,2-6H2,1H3/q-1/t7-/m1/s1. The molecular formula is C7H14N-. The first-order valence-electron chi connectivity index (χ1n) is 3.38. The topological polar surface area (TPSA) is 3.24 Å². The second-order valence-electron chi connectivity index (χ2n) is 2.66. The maximum Gasteiger partial charge on any atom is -0.0214 e. The third-order valence-corrected chi connectivity index (χ3v) is 1.94. The Balaban J connectivity index is 2.28. The van der Waals surface area contributed by atoms with E-state index in [1.54, 1.807) is 0 Å². The maximum atomic E-state index is 3.91. The molecule has 8 heavy (non-hydrogen) atoms. The molecule has 0 saturated carbocycles.